The Morgan fingerprint density at radius 2 is 1.83 bits per heavy atom. The number of thiazole rings is 1. The molecule has 5 nitrogen and oxygen atoms in total. The Labute approximate surface area is 222 Å². The van der Waals surface area contributed by atoms with Crippen LogP contribution in [0, 0.1) is 0 Å². The first-order valence-electron chi connectivity index (χ1n) is 11.4. The van der Waals surface area contributed by atoms with Gasteiger partial charge in [-0.15, -0.1) is 0 Å². The number of hydrogen-bond donors (Lipinski definition) is 0. The van der Waals surface area contributed by atoms with Crippen molar-refractivity contribution in [2.24, 2.45) is 5.10 Å². The highest BCUT2D eigenvalue weighted by molar-refractivity contribution is 8.02. The Bertz CT molecular complexity index is 1530. The predicted molar refractivity (Wildman–Crippen MR) is 153 cm³/mol. The number of rotatable bonds is 4. The Hall–Kier alpha value is -3.39. The summed E-state index contributed by atoms with van der Waals surface area (Å²) in [6, 6.07) is 25.7. The number of carbonyl (C=O) groups is 1. The number of aromatic nitrogens is 1. The average Bonchev–Trinajstić information content (AvgIpc) is 3.54. The summed E-state index contributed by atoms with van der Waals surface area (Å²) >= 11 is 9.44. The molecule has 1 unspecified atom stereocenters. The van der Waals surface area contributed by atoms with E-state index in [0.29, 0.717) is 15.9 Å². The van der Waals surface area contributed by atoms with Crippen LogP contribution in [-0.2, 0) is 4.79 Å². The smallest absolute Gasteiger partial charge is 0.241 e. The summed E-state index contributed by atoms with van der Waals surface area (Å²) in [4.78, 5) is 19.3. The number of halogens is 1. The number of hydrazone groups is 1. The molecular weight excluding hydrogens is 508 g/mol. The minimum atomic E-state index is -0.916. The number of hydrogen-bond acceptors (Lipinski definition) is 6. The van der Waals surface area contributed by atoms with Crippen molar-refractivity contribution in [3.8, 4) is 0 Å². The Kier molecular flexibility index (Phi) is 5.91. The van der Waals surface area contributed by atoms with Gasteiger partial charge in [-0.25, -0.2) is 14.9 Å². The largest absolute Gasteiger partial charge is 0.273 e. The highest BCUT2D eigenvalue weighted by Crippen LogP contribution is 2.53. The number of amides is 1. The third-order valence-corrected chi connectivity index (χ3v) is 8.73. The van der Waals surface area contributed by atoms with Gasteiger partial charge in [-0.3, -0.25) is 4.79 Å². The second kappa shape index (κ2) is 9.24. The third kappa shape index (κ3) is 3.84. The molecule has 6 rings (SSSR count). The minimum absolute atomic E-state index is 0.00563. The molecule has 4 aromatic rings. The van der Waals surface area contributed by atoms with Gasteiger partial charge in [-0.1, -0.05) is 101 Å². The number of anilines is 2. The second-order valence-corrected chi connectivity index (χ2v) is 11.0. The lowest BCUT2D eigenvalue weighted by atomic mass is 10.1. The van der Waals surface area contributed by atoms with Gasteiger partial charge in [0.2, 0.25) is 10.9 Å². The molecule has 1 aromatic heterocycles. The van der Waals surface area contributed by atoms with Crippen molar-refractivity contribution in [1.82, 2.24) is 4.98 Å². The highest BCUT2D eigenvalue weighted by Gasteiger charge is 2.59. The Balaban J connectivity index is 1.53. The summed E-state index contributed by atoms with van der Waals surface area (Å²) in [5, 5.41) is 8.14. The molecule has 0 aliphatic carbocycles. The number of allylic oxidation sites excluding steroid dienone is 2. The van der Waals surface area contributed by atoms with Gasteiger partial charge in [0.05, 0.1) is 27.4 Å². The minimum Gasteiger partial charge on any atom is -0.273 e. The predicted octanol–water partition coefficient (Wildman–Crippen LogP) is 7.22. The lowest BCUT2D eigenvalue weighted by Crippen LogP contribution is -2.54. The molecule has 36 heavy (non-hydrogen) atoms. The van der Waals surface area contributed by atoms with Crippen LogP contribution in [0.1, 0.15) is 12.5 Å². The zero-order chi connectivity index (χ0) is 24.7. The van der Waals surface area contributed by atoms with Crippen LogP contribution in [0.15, 0.2) is 102 Å². The van der Waals surface area contributed by atoms with Crippen LogP contribution in [0.25, 0.3) is 16.3 Å². The van der Waals surface area contributed by atoms with Gasteiger partial charge in [0.1, 0.15) is 0 Å². The molecule has 0 saturated carbocycles. The molecule has 1 spiro atoms. The summed E-state index contributed by atoms with van der Waals surface area (Å²) in [5.74, 6) is 0.309. The van der Waals surface area contributed by atoms with Crippen molar-refractivity contribution in [1.29, 1.82) is 0 Å². The highest BCUT2D eigenvalue weighted by atomic mass is 35.5. The van der Waals surface area contributed by atoms with Crippen LogP contribution in [0.4, 0.5) is 10.8 Å². The molecule has 0 bridgehead atoms. The van der Waals surface area contributed by atoms with E-state index in [2.05, 4.69) is 24.3 Å². The van der Waals surface area contributed by atoms with E-state index in [0.717, 1.165) is 32.8 Å². The average molecular weight is 529 g/mol. The van der Waals surface area contributed by atoms with Gasteiger partial charge in [0.25, 0.3) is 0 Å². The molecular formula is C28H21ClN4OS2. The van der Waals surface area contributed by atoms with Crippen LogP contribution < -0.4 is 9.91 Å². The number of carbonyl (C=O) groups excluding carboxylic acids is 1. The third-order valence-electron chi connectivity index (χ3n) is 6.10. The first kappa shape index (κ1) is 23.0. The molecule has 1 fully saturated rings. The van der Waals surface area contributed by atoms with Gasteiger partial charge in [0.15, 0.2) is 5.13 Å². The number of thioether (sulfide) groups is 1. The maximum Gasteiger partial charge on any atom is 0.241 e. The van der Waals surface area contributed by atoms with Crippen molar-refractivity contribution in [3.05, 3.63) is 107 Å². The van der Waals surface area contributed by atoms with E-state index in [-0.39, 0.29) is 5.91 Å². The fraction of sp³-hybridized carbons (Fsp3) is 0.107. The zero-order valence-electron chi connectivity index (χ0n) is 19.3. The Morgan fingerprint density at radius 1 is 1.03 bits per heavy atom. The fourth-order valence-corrected chi connectivity index (χ4v) is 7.20. The zero-order valence-corrected chi connectivity index (χ0v) is 21.7. The van der Waals surface area contributed by atoms with Gasteiger partial charge in [-0.2, -0.15) is 5.10 Å². The number of nitrogens with zero attached hydrogens (tertiary/aromatic N) is 4. The summed E-state index contributed by atoms with van der Waals surface area (Å²) in [6.07, 6.45) is 6.13. The van der Waals surface area contributed by atoms with Crippen molar-refractivity contribution in [2.45, 2.75) is 11.9 Å². The summed E-state index contributed by atoms with van der Waals surface area (Å²) in [6.45, 7) is 1.98. The molecule has 2 aliphatic rings. The Morgan fingerprint density at radius 3 is 2.64 bits per heavy atom. The maximum absolute atomic E-state index is 13.5. The molecule has 2 aliphatic heterocycles. The van der Waals surface area contributed by atoms with Crippen LogP contribution in [0.5, 0.6) is 0 Å². The second-order valence-electron chi connectivity index (χ2n) is 8.42. The van der Waals surface area contributed by atoms with E-state index in [4.69, 9.17) is 21.7 Å². The first-order valence-corrected chi connectivity index (χ1v) is 13.6. The van der Waals surface area contributed by atoms with Crippen LogP contribution in [0.2, 0.25) is 5.02 Å². The van der Waals surface area contributed by atoms with E-state index in [1.54, 1.807) is 11.8 Å². The van der Waals surface area contributed by atoms with E-state index < -0.39 is 4.99 Å². The van der Waals surface area contributed by atoms with Crippen LogP contribution in [0.3, 0.4) is 0 Å². The van der Waals surface area contributed by atoms with E-state index in [9.17, 15) is 4.79 Å². The quantitative estimate of drug-likeness (QED) is 0.280. The first-order chi connectivity index (χ1) is 17.6. The van der Waals surface area contributed by atoms with Gasteiger partial charge in [-0.05, 0) is 42.8 Å². The fourth-order valence-electron chi connectivity index (χ4n) is 4.52. The number of benzene rings is 3. The van der Waals surface area contributed by atoms with Gasteiger partial charge >= 0.3 is 0 Å². The maximum atomic E-state index is 13.5. The molecule has 1 saturated heterocycles. The van der Waals surface area contributed by atoms with Crippen LogP contribution in [-0.4, -0.2) is 27.4 Å². The van der Waals surface area contributed by atoms with Crippen molar-refractivity contribution >= 4 is 73.4 Å². The lowest BCUT2D eigenvalue weighted by molar-refractivity contribution is -0.116. The molecule has 0 radical (unpaired) electrons. The van der Waals surface area contributed by atoms with E-state index in [1.807, 2.05) is 89.6 Å². The van der Waals surface area contributed by atoms with Crippen molar-refractivity contribution < 1.29 is 4.79 Å². The topological polar surface area (TPSA) is 48.8 Å². The van der Waals surface area contributed by atoms with Gasteiger partial charge in [0, 0.05) is 10.6 Å². The molecule has 8 heteroatoms. The summed E-state index contributed by atoms with van der Waals surface area (Å²) < 4.78 is 1.03. The SMILES string of the molecule is CC1=NN(c2cccc(Cl)c2)C2(SCC(=O)N2c2nc3ccccc3s2)C1=C/C=C\c1ccccc1. The number of fused-ring (bicyclic) bond motifs is 1. The van der Waals surface area contributed by atoms with Gasteiger partial charge < -0.3 is 0 Å². The van der Waals surface area contributed by atoms with E-state index in [1.165, 1.54) is 11.3 Å². The monoisotopic (exact) mass is 528 g/mol. The lowest BCUT2D eigenvalue weighted by Gasteiger charge is -2.40. The standard InChI is InChI=1S/C28H21ClN4OS2/c1-19-23(14-7-11-20-9-3-2-4-10-20)28(33(31-19)22-13-8-12-21(29)17-22)32(26(34)18-35-28)27-30-24-15-5-6-16-25(24)36-27/h2-17H,18H2,1H3/b11-7-,23-14?. The molecule has 1 amide bonds. The normalized spacial score (nSPS) is 21.0. The van der Waals surface area contributed by atoms with E-state index >= 15 is 0 Å². The molecule has 3 aromatic carbocycles. The summed E-state index contributed by atoms with van der Waals surface area (Å²) in [7, 11) is 0. The molecule has 178 valence electrons. The van der Waals surface area contributed by atoms with Crippen LogP contribution >= 0.6 is 34.7 Å². The summed E-state index contributed by atoms with van der Waals surface area (Å²) in [5.41, 5.74) is 4.55. The molecule has 0 N–H and O–H groups in total. The molecule has 3 heterocycles. The van der Waals surface area contributed by atoms with Crippen molar-refractivity contribution in [2.75, 3.05) is 15.7 Å². The van der Waals surface area contributed by atoms with Crippen molar-refractivity contribution in [3.63, 3.8) is 0 Å². The molecule has 1 atom stereocenters. The number of para-hydroxylation sites is 1.